The molecule has 1 aromatic heterocycles. The highest BCUT2D eigenvalue weighted by molar-refractivity contribution is 5.78. The van der Waals surface area contributed by atoms with Crippen molar-refractivity contribution in [1.29, 1.82) is 0 Å². The van der Waals surface area contributed by atoms with E-state index in [0.29, 0.717) is 13.2 Å². The van der Waals surface area contributed by atoms with Gasteiger partial charge in [0, 0.05) is 5.39 Å². The largest absolute Gasteiger partial charge is 0.371 e. The molecule has 0 aliphatic rings. The average Bonchev–Trinajstić information content (AvgIpc) is 2.29. The average molecular weight is 199 g/mol. The molecule has 2 heteroatoms. The predicted molar refractivity (Wildman–Crippen MR) is 61.6 cm³/mol. The van der Waals surface area contributed by atoms with Gasteiger partial charge in [0.05, 0.1) is 24.4 Å². The number of aromatic nitrogens is 1. The Hall–Kier alpha value is -1.67. The van der Waals surface area contributed by atoms with Crippen LogP contribution in [0.15, 0.2) is 49.1 Å². The van der Waals surface area contributed by atoms with Gasteiger partial charge in [0.25, 0.3) is 0 Å². The monoisotopic (exact) mass is 199 g/mol. The molecule has 0 bridgehead atoms. The molecule has 0 saturated heterocycles. The highest BCUT2D eigenvalue weighted by Gasteiger charge is 1.97. The van der Waals surface area contributed by atoms with Crippen molar-refractivity contribution in [2.75, 3.05) is 6.61 Å². The summed E-state index contributed by atoms with van der Waals surface area (Å²) >= 11 is 0. The molecule has 2 rings (SSSR count). The van der Waals surface area contributed by atoms with Gasteiger partial charge in [-0.2, -0.15) is 0 Å². The minimum atomic E-state index is 0.539. The van der Waals surface area contributed by atoms with Crippen LogP contribution < -0.4 is 0 Å². The van der Waals surface area contributed by atoms with Gasteiger partial charge in [-0.05, 0) is 12.1 Å². The first-order valence-electron chi connectivity index (χ1n) is 4.93. The quantitative estimate of drug-likeness (QED) is 0.558. The number of rotatable bonds is 4. The van der Waals surface area contributed by atoms with Crippen LogP contribution in [0.3, 0.4) is 0 Å². The van der Waals surface area contributed by atoms with Crippen molar-refractivity contribution in [3.8, 4) is 0 Å². The van der Waals surface area contributed by atoms with Crippen LogP contribution in [0, 0.1) is 0 Å². The third kappa shape index (κ3) is 2.42. The van der Waals surface area contributed by atoms with Crippen molar-refractivity contribution >= 4 is 10.9 Å². The van der Waals surface area contributed by atoms with Gasteiger partial charge in [0.1, 0.15) is 0 Å². The van der Waals surface area contributed by atoms with Crippen molar-refractivity contribution in [2.45, 2.75) is 6.61 Å². The number of hydrogen-bond acceptors (Lipinski definition) is 2. The predicted octanol–water partition coefficient (Wildman–Crippen LogP) is 2.94. The highest BCUT2D eigenvalue weighted by Crippen LogP contribution is 2.12. The number of hydrogen-bond donors (Lipinski definition) is 0. The van der Waals surface area contributed by atoms with Crippen LogP contribution in [0.25, 0.3) is 10.9 Å². The van der Waals surface area contributed by atoms with E-state index in [1.165, 1.54) is 0 Å². The second-order valence-corrected chi connectivity index (χ2v) is 3.30. The number of benzene rings is 1. The van der Waals surface area contributed by atoms with Crippen LogP contribution in [0.5, 0.6) is 0 Å². The van der Waals surface area contributed by atoms with E-state index in [0.717, 1.165) is 16.6 Å². The molecular formula is C13H13NO. The standard InChI is InChI=1S/C13H13NO/c1-2-9-15-10-12-8-7-11-5-3-4-6-13(11)14-12/h2-8H,1,9-10H2. The smallest absolute Gasteiger partial charge is 0.0892 e. The maximum atomic E-state index is 5.34. The number of nitrogens with zero attached hydrogens (tertiary/aromatic N) is 1. The molecule has 2 aromatic rings. The topological polar surface area (TPSA) is 22.1 Å². The van der Waals surface area contributed by atoms with Crippen LogP contribution in [0.2, 0.25) is 0 Å². The van der Waals surface area contributed by atoms with Crippen molar-refractivity contribution in [3.63, 3.8) is 0 Å². The van der Waals surface area contributed by atoms with E-state index >= 15 is 0 Å². The molecule has 0 saturated carbocycles. The summed E-state index contributed by atoms with van der Waals surface area (Å²) in [6.07, 6.45) is 1.74. The van der Waals surface area contributed by atoms with Gasteiger partial charge in [-0.15, -0.1) is 6.58 Å². The summed E-state index contributed by atoms with van der Waals surface area (Å²) in [6, 6.07) is 12.1. The fourth-order valence-corrected chi connectivity index (χ4v) is 1.44. The van der Waals surface area contributed by atoms with Crippen LogP contribution >= 0.6 is 0 Å². The van der Waals surface area contributed by atoms with Gasteiger partial charge in [0.15, 0.2) is 0 Å². The Kier molecular flexibility index (Phi) is 3.10. The molecule has 0 atom stereocenters. The molecule has 0 spiro atoms. The minimum absolute atomic E-state index is 0.539. The Balaban J connectivity index is 2.19. The lowest BCUT2D eigenvalue weighted by molar-refractivity contribution is 0.146. The summed E-state index contributed by atoms with van der Waals surface area (Å²) in [6.45, 7) is 4.70. The maximum Gasteiger partial charge on any atom is 0.0892 e. The van der Waals surface area contributed by atoms with E-state index in [9.17, 15) is 0 Å². The Bertz CT molecular complexity index is 465. The zero-order valence-electron chi connectivity index (χ0n) is 8.52. The molecule has 76 valence electrons. The van der Waals surface area contributed by atoms with E-state index in [-0.39, 0.29) is 0 Å². The van der Waals surface area contributed by atoms with E-state index in [1.807, 2.05) is 24.3 Å². The molecule has 0 unspecified atom stereocenters. The molecule has 2 nitrogen and oxygen atoms in total. The van der Waals surface area contributed by atoms with E-state index in [1.54, 1.807) is 6.08 Å². The molecular weight excluding hydrogens is 186 g/mol. The molecule has 0 N–H and O–H groups in total. The summed E-state index contributed by atoms with van der Waals surface area (Å²) in [7, 11) is 0. The van der Waals surface area contributed by atoms with Crippen LogP contribution in [0.1, 0.15) is 5.69 Å². The normalized spacial score (nSPS) is 10.4. The molecule has 0 aliphatic carbocycles. The first-order chi connectivity index (χ1) is 7.40. The van der Waals surface area contributed by atoms with Crippen molar-refractivity contribution in [1.82, 2.24) is 4.98 Å². The van der Waals surface area contributed by atoms with Crippen molar-refractivity contribution in [3.05, 3.63) is 54.7 Å². The SMILES string of the molecule is C=CCOCc1ccc2ccccc2n1. The molecule has 0 fully saturated rings. The minimum Gasteiger partial charge on any atom is -0.371 e. The second kappa shape index (κ2) is 4.71. The Morgan fingerprint density at radius 1 is 1.20 bits per heavy atom. The molecule has 15 heavy (non-hydrogen) atoms. The number of fused-ring (bicyclic) bond motifs is 1. The van der Waals surface area contributed by atoms with Crippen LogP contribution in [-0.4, -0.2) is 11.6 Å². The first kappa shape index (κ1) is 9.87. The second-order valence-electron chi connectivity index (χ2n) is 3.30. The molecule has 1 aromatic carbocycles. The van der Waals surface area contributed by atoms with E-state index in [4.69, 9.17) is 4.74 Å². The van der Waals surface area contributed by atoms with E-state index < -0.39 is 0 Å². The van der Waals surface area contributed by atoms with Gasteiger partial charge < -0.3 is 4.74 Å². The molecule has 0 radical (unpaired) electrons. The molecule has 1 heterocycles. The first-order valence-corrected chi connectivity index (χ1v) is 4.93. The zero-order chi connectivity index (χ0) is 10.5. The summed E-state index contributed by atoms with van der Waals surface area (Å²) in [4.78, 5) is 4.49. The van der Waals surface area contributed by atoms with Gasteiger partial charge in [-0.25, -0.2) is 0 Å². The fraction of sp³-hybridized carbons (Fsp3) is 0.154. The number of para-hydroxylation sites is 1. The zero-order valence-corrected chi connectivity index (χ0v) is 8.52. The van der Waals surface area contributed by atoms with Gasteiger partial charge in [-0.3, -0.25) is 4.98 Å². The number of pyridine rings is 1. The third-order valence-corrected chi connectivity index (χ3v) is 2.14. The molecule has 0 aliphatic heterocycles. The lowest BCUT2D eigenvalue weighted by Gasteiger charge is -2.02. The van der Waals surface area contributed by atoms with Gasteiger partial charge >= 0.3 is 0 Å². The lowest BCUT2D eigenvalue weighted by atomic mass is 10.2. The number of ether oxygens (including phenoxy) is 1. The van der Waals surface area contributed by atoms with Crippen molar-refractivity contribution in [2.24, 2.45) is 0 Å². The Morgan fingerprint density at radius 2 is 2.07 bits per heavy atom. The van der Waals surface area contributed by atoms with Crippen molar-refractivity contribution < 1.29 is 4.74 Å². The van der Waals surface area contributed by atoms with Crippen LogP contribution in [-0.2, 0) is 11.3 Å². The summed E-state index contributed by atoms with van der Waals surface area (Å²) in [5.41, 5.74) is 1.97. The van der Waals surface area contributed by atoms with Crippen LogP contribution in [0.4, 0.5) is 0 Å². The molecule has 0 amide bonds. The Labute approximate surface area is 89.2 Å². The summed E-state index contributed by atoms with van der Waals surface area (Å²) in [5, 5.41) is 1.16. The lowest BCUT2D eigenvalue weighted by Crippen LogP contribution is -1.95. The third-order valence-electron chi connectivity index (χ3n) is 2.14. The fourth-order valence-electron chi connectivity index (χ4n) is 1.44. The highest BCUT2D eigenvalue weighted by atomic mass is 16.5. The van der Waals surface area contributed by atoms with Gasteiger partial charge in [-0.1, -0.05) is 30.3 Å². The van der Waals surface area contributed by atoms with E-state index in [2.05, 4.69) is 23.7 Å². The van der Waals surface area contributed by atoms with Gasteiger partial charge in [0.2, 0.25) is 0 Å². The maximum absolute atomic E-state index is 5.34. The Morgan fingerprint density at radius 3 is 2.93 bits per heavy atom. The summed E-state index contributed by atoms with van der Waals surface area (Å²) in [5.74, 6) is 0. The summed E-state index contributed by atoms with van der Waals surface area (Å²) < 4.78 is 5.34.